The highest BCUT2D eigenvalue weighted by Crippen LogP contribution is 2.29. The molecular weight excluding hydrogens is 357 g/mol. The van der Waals surface area contributed by atoms with Gasteiger partial charge in [0, 0.05) is 17.1 Å². The van der Waals surface area contributed by atoms with E-state index >= 15 is 0 Å². The van der Waals surface area contributed by atoms with Crippen LogP contribution in [0.2, 0.25) is 0 Å². The zero-order valence-electron chi connectivity index (χ0n) is 13.9. The average Bonchev–Trinajstić information content (AvgIpc) is 3.10. The van der Waals surface area contributed by atoms with Crippen LogP contribution in [-0.2, 0) is 12.7 Å². The van der Waals surface area contributed by atoms with E-state index in [0.29, 0.717) is 17.0 Å². The van der Waals surface area contributed by atoms with Crippen LogP contribution in [-0.4, -0.2) is 24.7 Å². The van der Waals surface area contributed by atoms with Crippen molar-refractivity contribution in [2.45, 2.75) is 12.7 Å². The molecule has 27 heavy (non-hydrogen) atoms. The van der Waals surface area contributed by atoms with Crippen LogP contribution in [0.15, 0.2) is 54.9 Å². The predicted molar refractivity (Wildman–Crippen MR) is 92.8 cm³/mol. The number of nitrogens with two attached hydrogens (primary N) is 1. The van der Waals surface area contributed by atoms with Crippen LogP contribution >= 0.6 is 0 Å². The van der Waals surface area contributed by atoms with Crippen LogP contribution < -0.4 is 5.73 Å². The van der Waals surface area contributed by atoms with E-state index in [0.717, 1.165) is 17.0 Å². The molecule has 1 aromatic carbocycles. The third-order valence-electron chi connectivity index (χ3n) is 4.00. The van der Waals surface area contributed by atoms with E-state index in [2.05, 4.69) is 20.1 Å². The molecule has 0 fully saturated rings. The monoisotopic (exact) mass is 370 g/mol. The van der Waals surface area contributed by atoms with Crippen molar-refractivity contribution >= 4 is 10.9 Å². The molecule has 0 amide bonds. The number of aromatic nitrogens is 5. The minimum absolute atomic E-state index is 0.0855. The van der Waals surface area contributed by atoms with Gasteiger partial charge < -0.3 is 5.73 Å². The molecular formula is C18H13F3N6. The maximum absolute atomic E-state index is 13.0. The van der Waals surface area contributed by atoms with Crippen molar-refractivity contribution < 1.29 is 13.2 Å². The van der Waals surface area contributed by atoms with Crippen LogP contribution in [0.1, 0.15) is 11.5 Å². The lowest BCUT2D eigenvalue weighted by Crippen LogP contribution is -2.10. The van der Waals surface area contributed by atoms with E-state index < -0.39 is 11.9 Å². The normalized spacial score (nSPS) is 11.9. The molecule has 3 aromatic heterocycles. The first-order chi connectivity index (χ1) is 13.0. The van der Waals surface area contributed by atoms with E-state index in [1.807, 2.05) is 12.1 Å². The van der Waals surface area contributed by atoms with Gasteiger partial charge in [-0.15, -0.1) is 0 Å². The lowest BCUT2D eigenvalue weighted by atomic mass is 10.1. The first kappa shape index (κ1) is 17.1. The zero-order valence-corrected chi connectivity index (χ0v) is 13.9. The van der Waals surface area contributed by atoms with Gasteiger partial charge in [0.1, 0.15) is 11.5 Å². The number of pyridine rings is 1. The molecule has 0 aliphatic carbocycles. The van der Waals surface area contributed by atoms with Gasteiger partial charge in [-0.3, -0.25) is 0 Å². The van der Waals surface area contributed by atoms with E-state index in [4.69, 9.17) is 5.73 Å². The second-order valence-electron chi connectivity index (χ2n) is 5.77. The maximum atomic E-state index is 13.0. The number of alkyl halides is 3. The minimum atomic E-state index is -4.52. The third-order valence-corrected chi connectivity index (χ3v) is 4.00. The van der Waals surface area contributed by atoms with Gasteiger partial charge in [-0.05, 0) is 24.3 Å². The van der Waals surface area contributed by atoms with E-state index in [1.54, 1.807) is 24.5 Å². The van der Waals surface area contributed by atoms with Crippen LogP contribution in [0.5, 0.6) is 0 Å². The Hall–Kier alpha value is -3.33. The quantitative estimate of drug-likeness (QED) is 0.598. The fraction of sp³-hybridized carbons (Fsp3) is 0.111. The fourth-order valence-corrected chi connectivity index (χ4v) is 2.72. The Bertz CT molecular complexity index is 1120. The maximum Gasteiger partial charge on any atom is 0.433 e. The second-order valence-corrected chi connectivity index (χ2v) is 5.77. The summed E-state index contributed by atoms with van der Waals surface area (Å²) in [4.78, 5) is 12.1. The highest BCUT2D eigenvalue weighted by atomic mass is 19.4. The molecule has 4 rings (SSSR count). The van der Waals surface area contributed by atoms with Crippen molar-refractivity contribution in [1.82, 2.24) is 24.7 Å². The summed E-state index contributed by atoms with van der Waals surface area (Å²) in [6, 6.07) is 10.9. The van der Waals surface area contributed by atoms with Gasteiger partial charge in [-0.1, -0.05) is 18.2 Å². The molecule has 0 aliphatic heterocycles. The summed E-state index contributed by atoms with van der Waals surface area (Å²) in [5.74, 6) is 0.586. The number of hydrogen-bond donors (Lipinski definition) is 1. The van der Waals surface area contributed by atoms with Gasteiger partial charge in [-0.2, -0.15) is 18.3 Å². The highest BCUT2D eigenvalue weighted by molar-refractivity contribution is 5.84. The molecule has 0 aliphatic rings. The van der Waals surface area contributed by atoms with Gasteiger partial charge in [0.2, 0.25) is 0 Å². The summed E-state index contributed by atoms with van der Waals surface area (Å²) >= 11 is 0. The molecule has 0 atom stereocenters. The van der Waals surface area contributed by atoms with Crippen LogP contribution in [0.3, 0.4) is 0 Å². The van der Waals surface area contributed by atoms with E-state index in [9.17, 15) is 13.2 Å². The molecule has 0 saturated carbocycles. The van der Waals surface area contributed by atoms with Crippen LogP contribution in [0.25, 0.3) is 28.0 Å². The Morgan fingerprint density at radius 2 is 1.89 bits per heavy atom. The molecule has 6 nitrogen and oxygen atoms in total. The predicted octanol–water partition coefficient (Wildman–Crippen LogP) is 3.36. The SMILES string of the molecule is NCc1nccc(-c2ccc3cnn(-c4cccc(C(F)(F)F)n4)c3c2)n1. The number of nitrogens with zero attached hydrogens (tertiary/aromatic N) is 5. The first-order valence-corrected chi connectivity index (χ1v) is 8.00. The summed E-state index contributed by atoms with van der Waals surface area (Å²) in [5.41, 5.74) is 6.67. The summed E-state index contributed by atoms with van der Waals surface area (Å²) in [5, 5.41) is 4.96. The third kappa shape index (κ3) is 3.24. The number of fused-ring (bicyclic) bond motifs is 1. The van der Waals surface area contributed by atoms with Gasteiger partial charge in [0.25, 0.3) is 0 Å². The molecule has 0 bridgehead atoms. The Kier molecular flexibility index (Phi) is 4.08. The molecule has 0 spiro atoms. The summed E-state index contributed by atoms with van der Waals surface area (Å²) in [6.45, 7) is 0.210. The molecule has 0 unspecified atom stereocenters. The smallest absolute Gasteiger partial charge is 0.324 e. The highest BCUT2D eigenvalue weighted by Gasteiger charge is 2.32. The lowest BCUT2D eigenvalue weighted by Gasteiger charge is -2.09. The summed E-state index contributed by atoms with van der Waals surface area (Å²) in [6.07, 6.45) is -1.34. The topological polar surface area (TPSA) is 82.5 Å². The van der Waals surface area contributed by atoms with Crippen LogP contribution in [0.4, 0.5) is 13.2 Å². The number of rotatable bonds is 3. The largest absolute Gasteiger partial charge is 0.433 e. The lowest BCUT2D eigenvalue weighted by molar-refractivity contribution is -0.141. The Morgan fingerprint density at radius 3 is 2.67 bits per heavy atom. The van der Waals surface area contributed by atoms with Crippen molar-refractivity contribution in [1.29, 1.82) is 0 Å². The van der Waals surface area contributed by atoms with Crippen LogP contribution in [0, 0.1) is 0 Å². The summed E-state index contributed by atoms with van der Waals surface area (Å²) in [7, 11) is 0. The Balaban J connectivity index is 1.84. The van der Waals surface area contributed by atoms with E-state index in [1.165, 1.54) is 16.8 Å². The molecule has 0 saturated heterocycles. The minimum Gasteiger partial charge on any atom is -0.324 e. The van der Waals surface area contributed by atoms with Crippen molar-refractivity contribution in [2.75, 3.05) is 0 Å². The van der Waals surface area contributed by atoms with Crippen molar-refractivity contribution in [3.63, 3.8) is 0 Å². The standard InChI is InChI=1S/C18H13F3N6/c19-18(20,21)15-2-1-3-17(26-15)27-14-8-11(4-5-12(14)10-24-27)13-6-7-23-16(9-22)25-13/h1-8,10H,9,22H2. The van der Waals surface area contributed by atoms with E-state index in [-0.39, 0.29) is 12.4 Å². The average molecular weight is 370 g/mol. The fourth-order valence-electron chi connectivity index (χ4n) is 2.72. The number of benzene rings is 1. The molecule has 4 aromatic rings. The second kappa shape index (κ2) is 6.44. The van der Waals surface area contributed by atoms with Gasteiger partial charge in [0.05, 0.1) is 24.0 Å². The number of hydrogen-bond acceptors (Lipinski definition) is 5. The van der Waals surface area contributed by atoms with Gasteiger partial charge >= 0.3 is 6.18 Å². The molecule has 136 valence electrons. The van der Waals surface area contributed by atoms with Crippen molar-refractivity contribution in [3.05, 3.63) is 66.4 Å². The molecule has 2 N–H and O–H groups in total. The Morgan fingerprint density at radius 1 is 1.04 bits per heavy atom. The van der Waals surface area contributed by atoms with Gasteiger partial charge in [-0.25, -0.2) is 19.6 Å². The molecule has 0 radical (unpaired) electrons. The number of halogens is 3. The van der Waals surface area contributed by atoms with Crippen molar-refractivity contribution in [2.24, 2.45) is 5.73 Å². The van der Waals surface area contributed by atoms with Crippen molar-refractivity contribution in [3.8, 4) is 17.1 Å². The zero-order chi connectivity index (χ0) is 19.0. The summed E-state index contributed by atoms with van der Waals surface area (Å²) < 4.78 is 40.3. The Labute approximate surface area is 151 Å². The van der Waals surface area contributed by atoms with Gasteiger partial charge in [0.15, 0.2) is 5.82 Å². The molecule has 3 heterocycles. The molecule has 9 heteroatoms. The first-order valence-electron chi connectivity index (χ1n) is 8.00.